The van der Waals surface area contributed by atoms with E-state index in [0.717, 1.165) is 0 Å². The highest BCUT2D eigenvalue weighted by molar-refractivity contribution is 8.15. The first-order valence-corrected chi connectivity index (χ1v) is 7.95. The van der Waals surface area contributed by atoms with Crippen LogP contribution in [0.2, 0.25) is 0 Å². The Kier molecular flexibility index (Phi) is 5.16. The minimum atomic E-state index is -2.87. The van der Waals surface area contributed by atoms with Gasteiger partial charge in [0.05, 0.1) is 11.4 Å². The fourth-order valence-electron chi connectivity index (χ4n) is 1.23. The number of hydrogen-bond acceptors (Lipinski definition) is 3. The molecule has 0 saturated carbocycles. The van der Waals surface area contributed by atoms with Crippen LogP contribution in [0.4, 0.5) is 5.69 Å². The molecule has 1 aromatic carbocycles. The van der Waals surface area contributed by atoms with Crippen LogP contribution in [0.1, 0.15) is 20.8 Å². The van der Waals surface area contributed by atoms with Crippen molar-refractivity contribution >= 4 is 31.2 Å². The number of nitrogens with one attached hydrogen (secondary N) is 1. The molecule has 4 nitrogen and oxygen atoms in total. The smallest absolute Gasteiger partial charge is 0.221 e. The summed E-state index contributed by atoms with van der Waals surface area (Å²) in [7, 11) is 3.07. The Morgan fingerprint density at radius 1 is 1.39 bits per heavy atom. The SMILES string of the molecule is CC(=O)Nc1ccc(S(=O)(Cl)=NCC(C)C)cc1. The van der Waals surface area contributed by atoms with E-state index in [0.29, 0.717) is 23.0 Å². The molecule has 1 atom stereocenters. The average molecular weight is 289 g/mol. The van der Waals surface area contributed by atoms with Gasteiger partial charge >= 0.3 is 0 Å². The molecule has 18 heavy (non-hydrogen) atoms. The van der Waals surface area contributed by atoms with Crippen LogP contribution < -0.4 is 5.32 Å². The normalized spacial score (nSPS) is 14.1. The molecule has 0 bridgehead atoms. The monoisotopic (exact) mass is 288 g/mol. The van der Waals surface area contributed by atoms with Crippen LogP contribution in [0.5, 0.6) is 0 Å². The van der Waals surface area contributed by atoms with E-state index in [1.807, 2.05) is 13.8 Å². The zero-order chi connectivity index (χ0) is 13.8. The fraction of sp³-hybridized carbons (Fsp3) is 0.417. The third-order valence-electron chi connectivity index (χ3n) is 2.07. The summed E-state index contributed by atoms with van der Waals surface area (Å²) < 4.78 is 16.2. The zero-order valence-electron chi connectivity index (χ0n) is 10.6. The van der Waals surface area contributed by atoms with Gasteiger partial charge in [-0.2, -0.15) is 0 Å². The van der Waals surface area contributed by atoms with E-state index >= 15 is 0 Å². The Balaban J connectivity index is 2.94. The predicted molar refractivity (Wildman–Crippen MR) is 75.1 cm³/mol. The molecule has 0 radical (unpaired) electrons. The summed E-state index contributed by atoms with van der Waals surface area (Å²) in [5.41, 5.74) is 0.641. The topological polar surface area (TPSA) is 58.5 Å². The summed E-state index contributed by atoms with van der Waals surface area (Å²) in [5, 5.41) is 2.63. The standard InChI is InChI=1S/C12H17ClN2O2S/c1-9(2)8-14-18(13,17)12-6-4-11(5-7-12)15-10(3)16/h4-7,9H,8H2,1-3H3,(H,15,16). The van der Waals surface area contributed by atoms with Gasteiger partial charge in [0.2, 0.25) is 5.91 Å². The van der Waals surface area contributed by atoms with Gasteiger partial charge < -0.3 is 5.32 Å². The van der Waals surface area contributed by atoms with E-state index in [1.165, 1.54) is 6.92 Å². The van der Waals surface area contributed by atoms with Crippen LogP contribution in [0.3, 0.4) is 0 Å². The van der Waals surface area contributed by atoms with Gasteiger partial charge in [0.15, 0.2) is 8.94 Å². The summed E-state index contributed by atoms with van der Waals surface area (Å²) in [6.07, 6.45) is 0. The molecule has 1 N–H and O–H groups in total. The zero-order valence-corrected chi connectivity index (χ0v) is 12.2. The van der Waals surface area contributed by atoms with Crippen molar-refractivity contribution < 1.29 is 9.00 Å². The number of hydrogen-bond donors (Lipinski definition) is 1. The maximum Gasteiger partial charge on any atom is 0.221 e. The summed E-state index contributed by atoms with van der Waals surface area (Å²) >= 11 is 0. The first-order chi connectivity index (χ1) is 8.31. The average Bonchev–Trinajstić information content (AvgIpc) is 2.26. The number of rotatable bonds is 4. The minimum Gasteiger partial charge on any atom is -0.326 e. The van der Waals surface area contributed by atoms with Gasteiger partial charge in [0.1, 0.15) is 0 Å². The quantitative estimate of drug-likeness (QED) is 0.864. The molecule has 100 valence electrons. The number of carbonyl (C=O) groups excluding carboxylic acids is 1. The minimum absolute atomic E-state index is 0.154. The highest BCUT2D eigenvalue weighted by Crippen LogP contribution is 2.20. The maximum atomic E-state index is 12.1. The molecule has 0 fully saturated rings. The lowest BCUT2D eigenvalue weighted by atomic mass is 10.2. The summed E-state index contributed by atoms with van der Waals surface area (Å²) in [6, 6.07) is 6.54. The van der Waals surface area contributed by atoms with E-state index in [4.69, 9.17) is 10.7 Å². The van der Waals surface area contributed by atoms with E-state index in [2.05, 4.69) is 9.68 Å². The molecule has 1 amide bonds. The molecule has 0 aliphatic carbocycles. The summed E-state index contributed by atoms with van der Waals surface area (Å²) in [6.45, 7) is 5.85. The van der Waals surface area contributed by atoms with Crippen LogP contribution in [0.25, 0.3) is 0 Å². The molecule has 0 spiro atoms. The largest absolute Gasteiger partial charge is 0.326 e. The second-order valence-electron chi connectivity index (χ2n) is 4.37. The fourth-order valence-corrected chi connectivity index (χ4v) is 2.82. The number of carbonyl (C=O) groups is 1. The van der Waals surface area contributed by atoms with Crippen LogP contribution in [-0.2, 0) is 13.7 Å². The van der Waals surface area contributed by atoms with E-state index in [-0.39, 0.29) is 5.91 Å². The Morgan fingerprint density at radius 3 is 2.39 bits per heavy atom. The van der Waals surface area contributed by atoms with Crippen molar-refractivity contribution in [3.8, 4) is 0 Å². The van der Waals surface area contributed by atoms with Crippen molar-refractivity contribution in [2.75, 3.05) is 11.9 Å². The third kappa shape index (κ3) is 4.66. The molecular weight excluding hydrogens is 272 g/mol. The lowest BCUT2D eigenvalue weighted by Gasteiger charge is -2.06. The Hall–Kier alpha value is -1.07. The summed E-state index contributed by atoms with van der Waals surface area (Å²) in [4.78, 5) is 11.3. The lowest BCUT2D eigenvalue weighted by molar-refractivity contribution is -0.114. The molecule has 6 heteroatoms. The Bertz CT molecular complexity index is 532. The number of halogens is 1. The highest BCUT2D eigenvalue weighted by atomic mass is 35.7. The molecule has 1 unspecified atom stereocenters. The van der Waals surface area contributed by atoms with Gasteiger partial charge in [-0.3, -0.25) is 4.79 Å². The van der Waals surface area contributed by atoms with Crippen molar-refractivity contribution in [2.45, 2.75) is 25.7 Å². The van der Waals surface area contributed by atoms with E-state index in [9.17, 15) is 9.00 Å². The number of nitrogens with zero attached hydrogens (tertiary/aromatic N) is 1. The van der Waals surface area contributed by atoms with Crippen LogP contribution in [-0.4, -0.2) is 16.7 Å². The number of benzene rings is 1. The van der Waals surface area contributed by atoms with E-state index < -0.39 is 8.94 Å². The van der Waals surface area contributed by atoms with Gasteiger partial charge in [-0.05, 0) is 30.2 Å². The van der Waals surface area contributed by atoms with Gasteiger partial charge in [-0.1, -0.05) is 13.8 Å². The van der Waals surface area contributed by atoms with Crippen LogP contribution in [0.15, 0.2) is 33.5 Å². The molecule has 0 aliphatic rings. The van der Waals surface area contributed by atoms with Crippen molar-refractivity contribution in [3.05, 3.63) is 24.3 Å². The molecule has 0 aliphatic heterocycles. The Labute approximate surface area is 112 Å². The molecule has 0 aromatic heterocycles. The predicted octanol–water partition coefficient (Wildman–Crippen LogP) is 3.28. The third-order valence-corrected chi connectivity index (χ3v) is 4.23. The van der Waals surface area contributed by atoms with Crippen molar-refractivity contribution in [3.63, 3.8) is 0 Å². The van der Waals surface area contributed by atoms with Gasteiger partial charge in [-0.25, -0.2) is 8.57 Å². The molecule has 1 rings (SSSR count). The first-order valence-electron chi connectivity index (χ1n) is 5.61. The number of anilines is 1. The number of amides is 1. The second kappa shape index (κ2) is 6.20. The second-order valence-corrected chi connectivity index (χ2v) is 7.27. The van der Waals surface area contributed by atoms with Crippen molar-refractivity contribution in [1.82, 2.24) is 0 Å². The van der Waals surface area contributed by atoms with Gasteiger partial charge in [-0.15, -0.1) is 0 Å². The van der Waals surface area contributed by atoms with E-state index in [1.54, 1.807) is 24.3 Å². The van der Waals surface area contributed by atoms with Crippen molar-refractivity contribution in [2.24, 2.45) is 10.3 Å². The molecular formula is C12H17ClN2O2S. The first kappa shape index (κ1) is 15.0. The van der Waals surface area contributed by atoms with Crippen LogP contribution >= 0.6 is 10.7 Å². The molecule has 0 saturated heterocycles. The maximum absolute atomic E-state index is 12.1. The lowest BCUT2D eigenvalue weighted by Crippen LogP contribution is -2.05. The molecule has 1 aromatic rings. The van der Waals surface area contributed by atoms with Crippen molar-refractivity contribution in [1.29, 1.82) is 0 Å². The van der Waals surface area contributed by atoms with Gasteiger partial charge in [0, 0.05) is 23.3 Å². The highest BCUT2D eigenvalue weighted by Gasteiger charge is 2.09. The summed E-state index contributed by atoms with van der Waals surface area (Å²) in [5.74, 6) is 0.155. The molecule has 0 heterocycles. The Morgan fingerprint density at radius 2 is 1.94 bits per heavy atom. The van der Waals surface area contributed by atoms with Gasteiger partial charge in [0.25, 0.3) is 0 Å². The van der Waals surface area contributed by atoms with Crippen LogP contribution in [0, 0.1) is 5.92 Å².